The minimum absolute atomic E-state index is 0.0489. The zero-order valence-electron chi connectivity index (χ0n) is 13.0. The normalized spacial score (nSPS) is 17.4. The summed E-state index contributed by atoms with van der Waals surface area (Å²) in [4.78, 5) is 12.0. The van der Waals surface area contributed by atoms with Crippen molar-refractivity contribution in [3.8, 4) is 5.75 Å². The molecule has 0 aliphatic carbocycles. The number of halogens is 4. The Bertz CT molecular complexity index is 678. The van der Waals surface area contributed by atoms with Crippen LogP contribution in [0.25, 0.3) is 6.08 Å². The van der Waals surface area contributed by atoms with E-state index in [4.69, 9.17) is 21.1 Å². The second-order valence-corrected chi connectivity index (χ2v) is 6.02. The van der Waals surface area contributed by atoms with Crippen molar-refractivity contribution in [3.05, 3.63) is 33.4 Å². The third-order valence-electron chi connectivity index (χ3n) is 3.40. The molecule has 1 aliphatic rings. The van der Waals surface area contributed by atoms with Gasteiger partial charge in [0.2, 0.25) is 6.10 Å². The van der Waals surface area contributed by atoms with Gasteiger partial charge in [-0.2, -0.15) is 13.2 Å². The van der Waals surface area contributed by atoms with E-state index in [0.717, 1.165) is 6.08 Å². The Morgan fingerprint density at radius 3 is 2.48 bits per heavy atom. The lowest BCUT2D eigenvalue weighted by molar-refractivity contribution is -0.188. The van der Waals surface area contributed by atoms with Crippen LogP contribution in [0.4, 0.5) is 13.2 Å². The van der Waals surface area contributed by atoms with E-state index >= 15 is 0 Å². The van der Waals surface area contributed by atoms with E-state index in [-0.39, 0.29) is 5.75 Å². The van der Waals surface area contributed by atoms with Gasteiger partial charge in [-0.25, -0.2) is 4.79 Å². The summed E-state index contributed by atoms with van der Waals surface area (Å²) in [5.41, 5.74) is 0.932. The molecule has 1 aliphatic heterocycles. The highest BCUT2D eigenvalue weighted by Gasteiger charge is 2.49. The highest BCUT2D eigenvalue weighted by Crippen LogP contribution is 2.41. The number of aryl methyl sites for hydroxylation is 1. The van der Waals surface area contributed by atoms with E-state index in [2.05, 4.69) is 0 Å². The number of hydrogen-bond donors (Lipinski definition) is 0. The van der Waals surface area contributed by atoms with Crippen LogP contribution in [0.15, 0.2) is 11.6 Å². The van der Waals surface area contributed by atoms with E-state index in [1.165, 1.54) is 6.07 Å². The van der Waals surface area contributed by atoms with Gasteiger partial charge >= 0.3 is 12.1 Å². The number of hydrogen-bond acceptors (Lipinski definition) is 3. The molecular weight excluding hydrogens is 333 g/mol. The Hall–Kier alpha value is -1.69. The summed E-state index contributed by atoms with van der Waals surface area (Å²) in [6.45, 7) is 6.45. The molecule has 7 heteroatoms. The summed E-state index contributed by atoms with van der Waals surface area (Å²) < 4.78 is 49.8. The molecule has 2 rings (SSSR count). The summed E-state index contributed by atoms with van der Waals surface area (Å²) in [5.74, 6) is -1.00. The van der Waals surface area contributed by atoms with Gasteiger partial charge in [0.25, 0.3) is 0 Å². The van der Waals surface area contributed by atoms with Crippen LogP contribution >= 0.6 is 11.6 Å². The molecule has 1 aromatic carbocycles. The zero-order chi connectivity index (χ0) is 17.5. The summed E-state index contributed by atoms with van der Waals surface area (Å²) >= 11 is 6.13. The molecule has 0 aromatic heterocycles. The first kappa shape index (κ1) is 17.7. The maximum absolute atomic E-state index is 13.3. The fourth-order valence-corrected chi connectivity index (χ4v) is 2.48. The van der Waals surface area contributed by atoms with Crippen LogP contribution in [0.2, 0.25) is 5.02 Å². The molecular formula is C16H16ClF3O3. The molecule has 0 saturated heterocycles. The molecule has 1 unspecified atom stereocenters. The van der Waals surface area contributed by atoms with Crippen molar-refractivity contribution in [1.82, 2.24) is 0 Å². The third kappa shape index (κ3) is 3.47. The lowest BCUT2D eigenvalue weighted by Gasteiger charge is -2.29. The number of benzene rings is 1. The molecule has 1 atom stereocenters. The predicted octanol–water partition coefficient (Wildman–Crippen LogP) is 4.62. The maximum Gasteiger partial charge on any atom is 0.430 e. The monoisotopic (exact) mass is 348 g/mol. The van der Waals surface area contributed by atoms with Gasteiger partial charge < -0.3 is 9.47 Å². The first-order valence-electron chi connectivity index (χ1n) is 6.98. The van der Waals surface area contributed by atoms with Gasteiger partial charge in [-0.15, -0.1) is 0 Å². The largest absolute Gasteiger partial charge is 0.475 e. The zero-order valence-corrected chi connectivity index (χ0v) is 13.8. The number of alkyl halides is 3. The Morgan fingerprint density at radius 1 is 1.35 bits per heavy atom. The highest BCUT2D eigenvalue weighted by atomic mass is 35.5. The molecule has 0 saturated carbocycles. The summed E-state index contributed by atoms with van der Waals surface area (Å²) in [6.07, 6.45) is -6.48. The second kappa shape index (κ2) is 6.07. The smallest absolute Gasteiger partial charge is 0.430 e. The average Bonchev–Trinajstić information content (AvgIpc) is 2.42. The van der Waals surface area contributed by atoms with Crippen molar-refractivity contribution in [1.29, 1.82) is 0 Å². The van der Waals surface area contributed by atoms with Gasteiger partial charge in [-0.1, -0.05) is 11.6 Å². The SMILES string of the molecule is Cc1cc2c(c(C)c1Cl)C=C(C(=O)OC(C)C)C(C(F)(F)F)O2. The number of carbonyl (C=O) groups is 1. The number of carbonyl (C=O) groups excluding carboxylic acids is 1. The lowest BCUT2D eigenvalue weighted by atomic mass is 9.96. The summed E-state index contributed by atoms with van der Waals surface area (Å²) in [7, 11) is 0. The van der Waals surface area contributed by atoms with Crippen molar-refractivity contribution in [2.45, 2.75) is 46.1 Å². The van der Waals surface area contributed by atoms with Crippen molar-refractivity contribution < 1.29 is 27.4 Å². The van der Waals surface area contributed by atoms with Crippen molar-refractivity contribution in [2.75, 3.05) is 0 Å². The van der Waals surface area contributed by atoms with Gasteiger partial charge in [-0.3, -0.25) is 0 Å². The summed E-state index contributed by atoms with van der Waals surface area (Å²) in [6, 6.07) is 1.43. The molecule has 0 N–H and O–H groups in total. The number of rotatable bonds is 2. The number of fused-ring (bicyclic) bond motifs is 1. The quantitative estimate of drug-likeness (QED) is 0.732. The third-order valence-corrected chi connectivity index (χ3v) is 3.98. The fourth-order valence-electron chi connectivity index (χ4n) is 2.33. The highest BCUT2D eigenvalue weighted by molar-refractivity contribution is 6.32. The van der Waals surface area contributed by atoms with Crippen LogP contribution in [-0.2, 0) is 9.53 Å². The maximum atomic E-state index is 13.3. The van der Waals surface area contributed by atoms with Crippen molar-refractivity contribution in [3.63, 3.8) is 0 Å². The molecule has 3 nitrogen and oxygen atoms in total. The fraction of sp³-hybridized carbons (Fsp3) is 0.438. The van der Waals surface area contributed by atoms with Crippen molar-refractivity contribution >= 4 is 23.6 Å². The minimum atomic E-state index is -4.74. The van der Waals surface area contributed by atoms with E-state index in [1.807, 2.05) is 0 Å². The molecule has 0 spiro atoms. The van der Waals surface area contributed by atoms with Crippen LogP contribution in [0, 0.1) is 13.8 Å². The molecule has 1 aromatic rings. The van der Waals surface area contributed by atoms with E-state index in [9.17, 15) is 18.0 Å². The Balaban J connectivity index is 2.59. The number of esters is 1. The lowest BCUT2D eigenvalue weighted by Crippen LogP contribution is -2.41. The molecule has 0 amide bonds. The number of ether oxygens (including phenoxy) is 2. The molecule has 23 heavy (non-hydrogen) atoms. The van der Waals surface area contributed by atoms with Crippen LogP contribution in [-0.4, -0.2) is 24.4 Å². The van der Waals surface area contributed by atoms with Crippen LogP contribution in [0.3, 0.4) is 0 Å². The van der Waals surface area contributed by atoms with Gasteiger partial charge in [0.05, 0.1) is 11.7 Å². The van der Waals surface area contributed by atoms with Gasteiger partial charge in [0.1, 0.15) is 5.75 Å². The molecule has 0 radical (unpaired) electrons. The Labute approximate surface area is 137 Å². The average molecular weight is 349 g/mol. The standard InChI is InChI=1S/C16H16ClF3O3/c1-7(2)22-15(21)11-6-10-9(4)13(17)8(3)5-12(10)23-14(11)16(18,19)20/h5-7,14H,1-4H3. The molecule has 0 fully saturated rings. The van der Waals surface area contributed by atoms with Crippen molar-refractivity contribution in [2.24, 2.45) is 0 Å². The molecule has 1 heterocycles. The van der Waals surface area contributed by atoms with Crippen LogP contribution in [0.1, 0.15) is 30.5 Å². The van der Waals surface area contributed by atoms with Crippen LogP contribution < -0.4 is 4.74 Å². The Kier molecular flexibility index (Phi) is 4.66. The van der Waals surface area contributed by atoms with Crippen LogP contribution in [0.5, 0.6) is 5.75 Å². The topological polar surface area (TPSA) is 35.5 Å². The van der Waals surface area contributed by atoms with E-state index < -0.39 is 29.9 Å². The minimum Gasteiger partial charge on any atom is -0.475 e. The Morgan fingerprint density at radius 2 is 1.96 bits per heavy atom. The van der Waals surface area contributed by atoms with Gasteiger partial charge in [-0.05, 0) is 51.0 Å². The van der Waals surface area contributed by atoms with Gasteiger partial charge in [0.15, 0.2) is 0 Å². The van der Waals surface area contributed by atoms with E-state index in [0.29, 0.717) is 21.7 Å². The second-order valence-electron chi connectivity index (χ2n) is 5.64. The van der Waals surface area contributed by atoms with Gasteiger partial charge in [0, 0.05) is 10.6 Å². The first-order chi connectivity index (χ1) is 10.5. The summed E-state index contributed by atoms with van der Waals surface area (Å²) in [5, 5.41) is 0.422. The van der Waals surface area contributed by atoms with E-state index in [1.54, 1.807) is 27.7 Å². The first-order valence-corrected chi connectivity index (χ1v) is 7.35. The predicted molar refractivity (Wildman–Crippen MR) is 80.6 cm³/mol. The molecule has 126 valence electrons. The molecule has 0 bridgehead atoms.